The zero-order valence-corrected chi connectivity index (χ0v) is 15.8. The van der Waals surface area contributed by atoms with Gasteiger partial charge in [-0.25, -0.2) is 0 Å². The van der Waals surface area contributed by atoms with Crippen LogP contribution in [0.2, 0.25) is 10.0 Å². The molecule has 0 radical (unpaired) electrons. The third kappa shape index (κ3) is 4.97. The molecule has 5 heteroatoms. The number of carbonyl (C=O) groups excluding carboxylic acids is 1. The number of nitrogens with one attached hydrogen (secondary N) is 1. The van der Waals surface area contributed by atoms with Crippen molar-refractivity contribution in [3.63, 3.8) is 0 Å². The molecular weight excluding hydrogens is 355 g/mol. The molecule has 2 aromatic carbocycles. The lowest BCUT2D eigenvalue weighted by molar-refractivity contribution is 0.102. The quantitative estimate of drug-likeness (QED) is 0.766. The first-order valence-electron chi connectivity index (χ1n) is 8.59. The van der Waals surface area contributed by atoms with Gasteiger partial charge in [-0.1, -0.05) is 42.3 Å². The van der Waals surface area contributed by atoms with Crippen LogP contribution in [0.3, 0.4) is 0 Å². The summed E-state index contributed by atoms with van der Waals surface area (Å²) in [6, 6.07) is 12.8. The zero-order chi connectivity index (χ0) is 17.8. The number of amides is 1. The number of halogens is 2. The number of carbonyl (C=O) groups is 1. The van der Waals surface area contributed by atoms with E-state index in [1.54, 1.807) is 18.2 Å². The second-order valence-electron chi connectivity index (χ2n) is 6.73. The molecule has 1 amide bonds. The van der Waals surface area contributed by atoms with Crippen LogP contribution in [0.25, 0.3) is 0 Å². The first-order valence-corrected chi connectivity index (χ1v) is 9.34. The largest absolute Gasteiger partial charge is 0.321 e. The first kappa shape index (κ1) is 18.2. The van der Waals surface area contributed by atoms with E-state index in [1.807, 2.05) is 24.3 Å². The van der Waals surface area contributed by atoms with Crippen LogP contribution in [0, 0.1) is 5.92 Å². The van der Waals surface area contributed by atoms with Crippen molar-refractivity contribution in [3.05, 3.63) is 63.6 Å². The van der Waals surface area contributed by atoms with E-state index in [1.165, 1.54) is 18.4 Å². The van der Waals surface area contributed by atoms with E-state index in [-0.39, 0.29) is 5.91 Å². The van der Waals surface area contributed by atoms with Gasteiger partial charge in [0.25, 0.3) is 5.91 Å². The van der Waals surface area contributed by atoms with Gasteiger partial charge >= 0.3 is 0 Å². The third-order valence-corrected chi connectivity index (χ3v) is 5.23. The van der Waals surface area contributed by atoms with E-state index in [2.05, 4.69) is 17.1 Å². The lowest BCUT2D eigenvalue weighted by Crippen LogP contribution is -2.32. The highest BCUT2D eigenvalue weighted by Crippen LogP contribution is 2.26. The molecule has 0 unspecified atom stereocenters. The fourth-order valence-electron chi connectivity index (χ4n) is 3.03. The smallest absolute Gasteiger partial charge is 0.255 e. The van der Waals surface area contributed by atoms with E-state index in [9.17, 15) is 4.79 Å². The maximum atomic E-state index is 12.4. The van der Waals surface area contributed by atoms with Gasteiger partial charge in [0.2, 0.25) is 0 Å². The molecule has 1 fully saturated rings. The van der Waals surface area contributed by atoms with Crippen molar-refractivity contribution >= 4 is 34.8 Å². The summed E-state index contributed by atoms with van der Waals surface area (Å²) in [5.74, 6) is 0.657. The van der Waals surface area contributed by atoms with Crippen molar-refractivity contribution in [3.8, 4) is 0 Å². The van der Waals surface area contributed by atoms with Crippen LogP contribution in [0.1, 0.15) is 35.7 Å². The standard InChI is InChI=1S/C20H22Cl2N2O/c1-14-8-10-24(11-9-14)13-15-2-4-16(5-3-15)20(25)23-19-7-6-17(21)12-18(19)22/h2-7,12,14H,8-11,13H2,1H3,(H,23,25). The summed E-state index contributed by atoms with van der Waals surface area (Å²) in [5, 5.41) is 3.79. The Morgan fingerprint density at radius 3 is 2.44 bits per heavy atom. The van der Waals surface area contributed by atoms with Crippen LogP contribution in [-0.4, -0.2) is 23.9 Å². The molecule has 0 bridgehead atoms. The van der Waals surface area contributed by atoms with E-state index in [0.717, 1.165) is 25.6 Å². The Bertz CT molecular complexity index is 738. The summed E-state index contributed by atoms with van der Waals surface area (Å²) in [7, 11) is 0. The number of likely N-dealkylation sites (tertiary alicyclic amines) is 1. The molecule has 0 spiro atoms. The summed E-state index contributed by atoms with van der Waals surface area (Å²) < 4.78 is 0. The summed E-state index contributed by atoms with van der Waals surface area (Å²) in [6.45, 7) is 5.56. The van der Waals surface area contributed by atoms with Crippen LogP contribution < -0.4 is 5.32 Å². The molecule has 1 aliphatic rings. The fraction of sp³-hybridized carbons (Fsp3) is 0.350. The molecule has 1 N–H and O–H groups in total. The number of hydrogen-bond acceptors (Lipinski definition) is 2. The summed E-state index contributed by atoms with van der Waals surface area (Å²) in [4.78, 5) is 14.9. The highest BCUT2D eigenvalue weighted by Gasteiger charge is 2.16. The monoisotopic (exact) mass is 376 g/mol. The normalized spacial score (nSPS) is 16.0. The molecule has 1 aliphatic heterocycles. The number of nitrogens with zero attached hydrogens (tertiary/aromatic N) is 1. The van der Waals surface area contributed by atoms with Crippen molar-refractivity contribution < 1.29 is 4.79 Å². The van der Waals surface area contributed by atoms with E-state index < -0.39 is 0 Å². The molecule has 0 aromatic heterocycles. The second-order valence-corrected chi connectivity index (χ2v) is 7.58. The van der Waals surface area contributed by atoms with Crippen LogP contribution in [0.5, 0.6) is 0 Å². The lowest BCUT2D eigenvalue weighted by Gasteiger charge is -2.30. The number of rotatable bonds is 4. The molecule has 1 heterocycles. The molecule has 3 nitrogen and oxygen atoms in total. The van der Waals surface area contributed by atoms with Gasteiger partial charge in [-0.2, -0.15) is 0 Å². The minimum atomic E-state index is -0.178. The molecular formula is C20H22Cl2N2O. The zero-order valence-electron chi connectivity index (χ0n) is 14.3. The minimum absolute atomic E-state index is 0.178. The summed E-state index contributed by atoms with van der Waals surface area (Å²) >= 11 is 12.0. The molecule has 0 saturated carbocycles. The Morgan fingerprint density at radius 1 is 1.12 bits per heavy atom. The Morgan fingerprint density at radius 2 is 1.80 bits per heavy atom. The van der Waals surface area contributed by atoms with E-state index >= 15 is 0 Å². The number of anilines is 1. The molecule has 2 aromatic rings. The Labute approximate surface area is 158 Å². The van der Waals surface area contributed by atoms with Crippen molar-refractivity contribution in [2.75, 3.05) is 18.4 Å². The van der Waals surface area contributed by atoms with Crippen molar-refractivity contribution in [2.24, 2.45) is 5.92 Å². The highest BCUT2D eigenvalue weighted by molar-refractivity contribution is 6.36. The molecule has 25 heavy (non-hydrogen) atoms. The lowest BCUT2D eigenvalue weighted by atomic mass is 9.99. The van der Waals surface area contributed by atoms with Crippen LogP contribution in [0.15, 0.2) is 42.5 Å². The fourth-order valence-corrected chi connectivity index (χ4v) is 3.48. The molecule has 0 aliphatic carbocycles. The molecule has 132 valence electrons. The number of benzene rings is 2. The number of hydrogen-bond donors (Lipinski definition) is 1. The second kappa shape index (κ2) is 8.22. The predicted molar refractivity (Wildman–Crippen MR) is 105 cm³/mol. The van der Waals surface area contributed by atoms with Gasteiger partial charge in [-0.15, -0.1) is 0 Å². The number of piperidine rings is 1. The third-order valence-electron chi connectivity index (χ3n) is 4.68. The van der Waals surface area contributed by atoms with Crippen molar-refractivity contribution in [2.45, 2.75) is 26.3 Å². The van der Waals surface area contributed by atoms with Gasteiger partial charge in [-0.05, 0) is 67.7 Å². The van der Waals surface area contributed by atoms with E-state index in [4.69, 9.17) is 23.2 Å². The van der Waals surface area contributed by atoms with Gasteiger partial charge in [0, 0.05) is 17.1 Å². The van der Waals surface area contributed by atoms with Crippen LogP contribution in [0.4, 0.5) is 5.69 Å². The maximum Gasteiger partial charge on any atom is 0.255 e. The summed E-state index contributed by atoms with van der Waals surface area (Å²) in [5.41, 5.74) is 2.40. The summed E-state index contributed by atoms with van der Waals surface area (Å²) in [6.07, 6.45) is 2.53. The molecule has 3 rings (SSSR count). The van der Waals surface area contributed by atoms with E-state index in [0.29, 0.717) is 21.3 Å². The van der Waals surface area contributed by atoms with Gasteiger partial charge in [0.1, 0.15) is 0 Å². The molecule has 0 atom stereocenters. The minimum Gasteiger partial charge on any atom is -0.321 e. The highest BCUT2D eigenvalue weighted by atomic mass is 35.5. The first-order chi connectivity index (χ1) is 12.0. The Balaban J connectivity index is 1.60. The average molecular weight is 377 g/mol. The SMILES string of the molecule is CC1CCN(Cc2ccc(C(=O)Nc3ccc(Cl)cc3Cl)cc2)CC1. The Kier molecular flexibility index (Phi) is 6.00. The van der Waals surface area contributed by atoms with Crippen LogP contribution in [-0.2, 0) is 6.54 Å². The van der Waals surface area contributed by atoms with Gasteiger partial charge in [-0.3, -0.25) is 9.69 Å². The maximum absolute atomic E-state index is 12.4. The van der Waals surface area contributed by atoms with Crippen LogP contribution >= 0.6 is 23.2 Å². The molecule has 1 saturated heterocycles. The van der Waals surface area contributed by atoms with Gasteiger partial charge < -0.3 is 5.32 Å². The van der Waals surface area contributed by atoms with Crippen molar-refractivity contribution in [1.82, 2.24) is 4.90 Å². The predicted octanol–water partition coefficient (Wildman–Crippen LogP) is 5.48. The Hall–Kier alpha value is -1.55. The van der Waals surface area contributed by atoms with Gasteiger partial charge in [0.05, 0.1) is 10.7 Å². The van der Waals surface area contributed by atoms with Crippen molar-refractivity contribution in [1.29, 1.82) is 0 Å². The van der Waals surface area contributed by atoms with Gasteiger partial charge in [0.15, 0.2) is 0 Å². The average Bonchev–Trinajstić information content (AvgIpc) is 2.60. The topological polar surface area (TPSA) is 32.3 Å².